The minimum absolute atomic E-state index is 0.623. The molecule has 0 aromatic carbocycles. The molecule has 3 heterocycles. The second kappa shape index (κ2) is 3.53. The second-order valence-corrected chi connectivity index (χ2v) is 5.18. The number of fused-ring (bicyclic) bond motifs is 1. The molecule has 2 fully saturated rings. The van der Waals surface area contributed by atoms with Gasteiger partial charge in [0, 0.05) is 18.8 Å². The average Bonchev–Trinajstić information content (AvgIpc) is 2.93. The number of hydrogen-bond donors (Lipinski definition) is 1. The van der Waals surface area contributed by atoms with Crippen molar-refractivity contribution in [3.63, 3.8) is 0 Å². The summed E-state index contributed by atoms with van der Waals surface area (Å²) in [7, 11) is 0. The van der Waals surface area contributed by atoms with Crippen LogP contribution in [0.25, 0.3) is 11.2 Å². The summed E-state index contributed by atoms with van der Waals surface area (Å²) in [6, 6.07) is 2.88. The summed E-state index contributed by atoms with van der Waals surface area (Å²) < 4.78 is 2.23. The molecule has 4 nitrogen and oxygen atoms in total. The van der Waals surface area contributed by atoms with Crippen molar-refractivity contribution in [3.8, 4) is 0 Å². The molecule has 2 aliphatic rings. The van der Waals surface area contributed by atoms with Gasteiger partial charge in [0.15, 0.2) is 5.65 Å². The van der Waals surface area contributed by atoms with E-state index < -0.39 is 0 Å². The Labute approximate surface area is 100 Å². The highest BCUT2D eigenvalue weighted by atomic mass is 15.1. The van der Waals surface area contributed by atoms with Gasteiger partial charge in [-0.05, 0) is 43.4 Å². The molecule has 1 aliphatic heterocycles. The van der Waals surface area contributed by atoms with Crippen LogP contribution in [0.5, 0.6) is 0 Å². The van der Waals surface area contributed by atoms with Crippen LogP contribution in [0.1, 0.15) is 36.8 Å². The van der Waals surface area contributed by atoms with Crippen molar-refractivity contribution in [2.45, 2.75) is 31.2 Å². The predicted molar refractivity (Wildman–Crippen MR) is 66.0 cm³/mol. The zero-order chi connectivity index (χ0) is 11.2. The SMILES string of the molecule is c1nc2c(cc1C1CCNC1)ncn2C1CC1. The first-order valence-electron chi connectivity index (χ1n) is 6.45. The third kappa shape index (κ3) is 1.55. The summed E-state index contributed by atoms with van der Waals surface area (Å²) >= 11 is 0. The zero-order valence-corrected chi connectivity index (χ0v) is 9.76. The molecule has 2 aromatic heterocycles. The van der Waals surface area contributed by atoms with Crippen molar-refractivity contribution in [1.82, 2.24) is 19.9 Å². The summed E-state index contributed by atoms with van der Waals surface area (Å²) in [6.45, 7) is 2.20. The first-order valence-corrected chi connectivity index (χ1v) is 6.45. The number of rotatable bonds is 2. The smallest absolute Gasteiger partial charge is 0.160 e. The van der Waals surface area contributed by atoms with Crippen LogP contribution in [-0.4, -0.2) is 27.6 Å². The quantitative estimate of drug-likeness (QED) is 0.853. The van der Waals surface area contributed by atoms with Crippen molar-refractivity contribution >= 4 is 11.2 Å². The monoisotopic (exact) mass is 228 g/mol. The van der Waals surface area contributed by atoms with Gasteiger partial charge in [-0.15, -0.1) is 0 Å². The number of aromatic nitrogens is 3. The first-order chi connectivity index (χ1) is 8.42. The van der Waals surface area contributed by atoms with Crippen molar-refractivity contribution in [1.29, 1.82) is 0 Å². The average molecular weight is 228 g/mol. The Balaban J connectivity index is 1.76. The van der Waals surface area contributed by atoms with E-state index in [4.69, 9.17) is 0 Å². The molecule has 1 unspecified atom stereocenters. The molecule has 0 bridgehead atoms. The molecule has 4 heteroatoms. The third-order valence-electron chi connectivity index (χ3n) is 3.91. The summed E-state index contributed by atoms with van der Waals surface area (Å²) in [6.07, 6.45) is 7.77. The molecule has 4 rings (SSSR count). The van der Waals surface area contributed by atoms with Crippen LogP contribution in [-0.2, 0) is 0 Å². The molecule has 0 radical (unpaired) electrons. The molecule has 17 heavy (non-hydrogen) atoms. The summed E-state index contributed by atoms with van der Waals surface area (Å²) in [4.78, 5) is 9.11. The molecular formula is C13H16N4. The van der Waals surface area contributed by atoms with Crippen molar-refractivity contribution in [2.75, 3.05) is 13.1 Å². The minimum atomic E-state index is 0.623. The van der Waals surface area contributed by atoms with E-state index >= 15 is 0 Å². The van der Waals surface area contributed by atoms with Crippen LogP contribution in [0.3, 0.4) is 0 Å². The lowest BCUT2D eigenvalue weighted by Gasteiger charge is -2.08. The molecule has 88 valence electrons. The van der Waals surface area contributed by atoms with Gasteiger partial charge in [0.2, 0.25) is 0 Å². The fraction of sp³-hybridized carbons (Fsp3) is 0.538. The third-order valence-corrected chi connectivity index (χ3v) is 3.91. The Kier molecular flexibility index (Phi) is 1.99. The van der Waals surface area contributed by atoms with Gasteiger partial charge in [-0.1, -0.05) is 0 Å². The number of nitrogens with zero attached hydrogens (tertiary/aromatic N) is 3. The molecular weight excluding hydrogens is 212 g/mol. The highest BCUT2D eigenvalue weighted by Crippen LogP contribution is 2.36. The number of hydrogen-bond acceptors (Lipinski definition) is 3. The summed E-state index contributed by atoms with van der Waals surface area (Å²) in [5, 5.41) is 3.40. The number of pyridine rings is 1. The van der Waals surface area contributed by atoms with E-state index in [1.54, 1.807) is 0 Å². The largest absolute Gasteiger partial charge is 0.316 e. The van der Waals surface area contributed by atoms with E-state index in [1.807, 2.05) is 12.5 Å². The van der Waals surface area contributed by atoms with Crippen LogP contribution >= 0.6 is 0 Å². The van der Waals surface area contributed by atoms with E-state index in [0.29, 0.717) is 12.0 Å². The van der Waals surface area contributed by atoms with Crippen molar-refractivity contribution < 1.29 is 0 Å². The molecule has 0 amide bonds. The maximum atomic E-state index is 4.62. The van der Waals surface area contributed by atoms with Gasteiger partial charge < -0.3 is 9.88 Å². The fourth-order valence-corrected chi connectivity index (χ4v) is 2.72. The summed E-state index contributed by atoms with van der Waals surface area (Å²) in [5.41, 5.74) is 3.45. The predicted octanol–water partition coefficient (Wildman–Crippen LogP) is 1.84. The maximum Gasteiger partial charge on any atom is 0.160 e. The fourth-order valence-electron chi connectivity index (χ4n) is 2.72. The molecule has 1 N–H and O–H groups in total. The molecule has 1 atom stereocenters. The van der Waals surface area contributed by atoms with Crippen LogP contribution < -0.4 is 5.32 Å². The number of nitrogens with one attached hydrogen (secondary N) is 1. The highest BCUT2D eigenvalue weighted by molar-refractivity contribution is 5.71. The lowest BCUT2D eigenvalue weighted by atomic mass is 10.0. The molecule has 1 aliphatic carbocycles. The Morgan fingerprint density at radius 1 is 1.24 bits per heavy atom. The lowest BCUT2D eigenvalue weighted by Crippen LogP contribution is -2.08. The standard InChI is InChI=1S/C13H16N4/c1-2-11(1)17-8-16-12-5-10(7-15-13(12)17)9-3-4-14-6-9/h5,7-9,11,14H,1-4,6H2. The van der Waals surface area contributed by atoms with Gasteiger partial charge in [0.25, 0.3) is 0 Å². The summed E-state index contributed by atoms with van der Waals surface area (Å²) in [5.74, 6) is 0.623. The van der Waals surface area contributed by atoms with E-state index in [1.165, 1.54) is 24.8 Å². The van der Waals surface area contributed by atoms with Gasteiger partial charge >= 0.3 is 0 Å². The zero-order valence-electron chi connectivity index (χ0n) is 9.76. The lowest BCUT2D eigenvalue weighted by molar-refractivity contribution is 0.749. The van der Waals surface area contributed by atoms with E-state index in [2.05, 4.69) is 25.9 Å². The van der Waals surface area contributed by atoms with Crippen LogP contribution in [0, 0.1) is 0 Å². The van der Waals surface area contributed by atoms with Crippen LogP contribution in [0.15, 0.2) is 18.6 Å². The maximum absolute atomic E-state index is 4.62. The highest BCUT2D eigenvalue weighted by Gasteiger charge is 2.26. The van der Waals surface area contributed by atoms with Gasteiger partial charge in [0.1, 0.15) is 5.52 Å². The van der Waals surface area contributed by atoms with Crippen molar-refractivity contribution in [3.05, 3.63) is 24.2 Å². The molecule has 1 saturated carbocycles. The molecule has 1 saturated heterocycles. The van der Waals surface area contributed by atoms with Crippen LogP contribution in [0.2, 0.25) is 0 Å². The number of imidazole rings is 1. The van der Waals surface area contributed by atoms with Gasteiger partial charge in [-0.3, -0.25) is 0 Å². The Morgan fingerprint density at radius 3 is 2.94 bits per heavy atom. The normalized spacial score (nSPS) is 24.6. The Hall–Kier alpha value is -1.42. The van der Waals surface area contributed by atoms with Crippen LogP contribution in [0.4, 0.5) is 0 Å². The Bertz CT molecular complexity index is 550. The van der Waals surface area contributed by atoms with E-state index in [-0.39, 0.29) is 0 Å². The first kappa shape index (κ1) is 9.59. The van der Waals surface area contributed by atoms with Crippen molar-refractivity contribution in [2.24, 2.45) is 0 Å². The van der Waals surface area contributed by atoms with Gasteiger partial charge in [-0.25, -0.2) is 9.97 Å². The molecule has 0 spiro atoms. The minimum Gasteiger partial charge on any atom is -0.316 e. The van der Waals surface area contributed by atoms with Gasteiger partial charge in [0.05, 0.1) is 6.33 Å². The second-order valence-electron chi connectivity index (χ2n) is 5.18. The van der Waals surface area contributed by atoms with E-state index in [9.17, 15) is 0 Å². The van der Waals surface area contributed by atoms with E-state index in [0.717, 1.165) is 24.3 Å². The van der Waals surface area contributed by atoms with Gasteiger partial charge in [-0.2, -0.15) is 0 Å². The molecule has 2 aromatic rings. The Morgan fingerprint density at radius 2 is 2.18 bits per heavy atom. The topological polar surface area (TPSA) is 42.7 Å².